The molecule has 0 bridgehead atoms. The fourth-order valence-corrected chi connectivity index (χ4v) is 7.43. The Labute approximate surface area is 390 Å². The molecule has 65 heavy (non-hydrogen) atoms. The topological polar surface area (TPSA) is 218 Å². The predicted molar refractivity (Wildman–Crippen MR) is 253 cm³/mol. The molecule has 0 aliphatic carbocycles. The summed E-state index contributed by atoms with van der Waals surface area (Å²) < 4.78 is 0. The van der Waals surface area contributed by atoms with E-state index in [0.717, 1.165) is 0 Å². The number of carbonyl (C=O) groups is 9. The highest BCUT2D eigenvalue weighted by molar-refractivity contribution is 5.97. The summed E-state index contributed by atoms with van der Waals surface area (Å²) in [6.45, 7) is 23.3. The Bertz CT molecular complexity index is 1620. The molecule has 0 spiro atoms. The lowest BCUT2D eigenvalue weighted by Gasteiger charge is -2.36. The molecule has 0 saturated heterocycles. The van der Waals surface area contributed by atoms with Gasteiger partial charge >= 0.3 is 0 Å². The highest BCUT2D eigenvalue weighted by atomic mass is 16.2. The Hall–Kier alpha value is -4.77. The molecule has 18 nitrogen and oxygen atoms in total. The smallest absolute Gasteiger partial charge is 0.245 e. The SMILES string of the molecule is CCCC(=O)N(C)[C@H](C)C(=O)N(C)[C@@H](CC(C)C)C(=O)N[C@H](C(=O)N(C)[C@@H](CC(C)C)C(=O)N[C@H](C)C(=O)NCC(=O)N(C)[C@@H](CC(C)C)C(=O)N(C)[C@@H](CC(C)C)C(=O)NC)C(C)C. The second-order valence-electron chi connectivity index (χ2n) is 19.7. The third-order valence-electron chi connectivity index (χ3n) is 11.7. The molecule has 0 aliphatic heterocycles. The van der Waals surface area contributed by atoms with Gasteiger partial charge in [-0.15, -0.1) is 0 Å². The van der Waals surface area contributed by atoms with Gasteiger partial charge in [0.2, 0.25) is 53.2 Å². The van der Waals surface area contributed by atoms with E-state index in [0.29, 0.717) is 19.3 Å². The molecule has 0 aromatic rings. The van der Waals surface area contributed by atoms with Crippen molar-refractivity contribution < 1.29 is 43.2 Å². The molecule has 0 rings (SSSR count). The predicted octanol–water partition coefficient (Wildman–Crippen LogP) is 2.63. The molecular weight excluding hydrogens is 835 g/mol. The summed E-state index contributed by atoms with van der Waals surface area (Å²) >= 11 is 0. The van der Waals surface area contributed by atoms with Crippen molar-refractivity contribution in [1.82, 2.24) is 45.8 Å². The summed E-state index contributed by atoms with van der Waals surface area (Å²) in [7, 11) is 9.07. The summed E-state index contributed by atoms with van der Waals surface area (Å²) in [4.78, 5) is 129. The van der Waals surface area contributed by atoms with Crippen molar-refractivity contribution in [3.63, 3.8) is 0 Å². The molecule has 0 radical (unpaired) electrons. The van der Waals surface area contributed by atoms with Crippen LogP contribution in [-0.2, 0) is 43.2 Å². The zero-order valence-corrected chi connectivity index (χ0v) is 43.3. The highest BCUT2D eigenvalue weighted by Crippen LogP contribution is 2.20. The quantitative estimate of drug-likeness (QED) is 0.0951. The minimum Gasteiger partial charge on any atom is -0.357 e. The number of amides is 9. The Balaban J connectivity index is 6.20. The first-order chi connectivity index (χ1) is 30.0. The van der Waals surface area contributed by atoms with Gasteiger partial charge in [-0.1, -0.05) is 76.2 Å². The lowest BCUT2D eigenvalue weighted by atomic mass is 9.96. The average Bonchev–Trinajstić information content (AvgIpc) is 3.23. The van der Waals surface area contributed by atoms with Crippen LogP contribution in [0.15, 0.2) is 0 Å². The number of carbonyl (C=O) groups excluding carboxylic acids is 9. The summed E-state index contributed by atoms with van der Waals surface area (Å²) in [6.07, 6.45) is 2.15. The maximum absolute atomic E-state index is 14.3. The molecule has 374 valence electrons. The molecule has 0 heterocycles. The van der Waals surface area contributed by atoms with E-state index in [9.17, 15) is 43.2 Å². The van der Waals surface area contributed by atoms with E-state index in [-0.39, 0.29) is 54.7 Å². The Morgan fingerprint density at radius 1 is 0.446 bits per heavy atom. The first kappa shape index (κ1) is 60.2. The van der Waals surface area contributed by atoms with Gasteiger partial charge in [-0.25, -0.2) is 0 Å². The first-order valence-corrected chi connectivity index (χ1v) is 23.4. The molecule has 4 N–H and O–H groups in total. The molecule has 9 amide bonds. The second-order valence-corrected chi connectivity index (χ2v) is 19.7. The van der Waals surface area contributed by atoms with E-state index in [4.69, 9.17) is 0 Å². The van der Waals surface area contributed by atoms with E-state index < -0.39 is 96.1 Å². The number of nitrogens with one attached hydrogen (secondary N) is 4. The van der Waals surface area contributed by atoms with Gasteiger partial charge in [-0.2, -0.15) is 0 Å². The van der Waals surface area contributed by atoms with Crippen LogP contribution in [-0.4, -0.2) is 169 Å². The van der Waals surface area contributed by atoms with Crippen LogP contribution in [0.1, 0.15) is 129 Å². The van der Waals surface area contributed by atoms with Crippen LogP contribution in [0.4, 0.5) is 0 Å². The molecule has 0 fully saturated rings. The van der Waals surface area contributed by atoms with Crippen LogP contribution in [0.3, 0.4) is 0 Å². The molecule has 0 saturated carbocycles. The third kappa shape index (κ3) is 18.9. The summed E-state index contributed by atoms with van der Waals surface area (Å²) in [6, 6.07) is -6.70. The van der Waals surface area contributed by atoms with Crippen LogP contribution in [0, 0.1) is 29.6 Å². The minimum absolute atomic E-state index is 0.00847. The third-order valence-corrected chi connectivity index (χ3v) is 11.7. The van der Waals surface area contributed by atoms with Crippen LogP contribution < -0.4 is 21.3 Å². The lowest BCUT2D eigenvalue weighted by molar-refractivity contribution is -0.148. The van der Waals surface area contributed by atoms with Crippen LogP contribution in [0.5, 0.6) is 0 Å². The Morgan fingerprint density at radius 2 is 0.846 bits per heavy atom. The zero-order valence-electron chi connectivity index (χ0n) is 43.3. The van der Waals surface area contributed by atoms with E-state index in [2.05, 4.69) is 21.3 Å². The van der Waals surface area contributed by atoms with Crippen molar-refractivity contribution in [2.24, 2.45) is 29.6 Å². The van der Waals surface area contributed by atoms with E-state index in [1.54, 1.807) is 34.9 Å². The van der Waals surface area contributed by atoms with Crippen LogP contribution in [0.2, 0.25) is 0 Å². The number of nitrogens with zero attached hydrogens (tertiary/aromatic N) is 5. The first-order valence-electron chi connectivity index (χ1n) is 23.4. The van der Waals surface area contributed by atoms with E-state index >= 15 is 0 Å². The summed E-state index contributed by atoms with van der Waals surface area (Å²) in [5.41, 5.74) is 0. The highest BCUT2D eigenvalue weighted by Gasteiger charge is 2.39. The fourth-order valence-electron chi connectivity index (χ4n) is 7.43. The second kappa shape index (κ2) is 28.3. The molecule has 0 aliphatic rings. The van der Waals surface area contributed by atoms with Gasteiger partial charge in [-0.3, -0.25) is 43.2 Å². The van der Waals surface area contributed by atoms with E-state index in [1.807, 2.05) is 62.3 Å². The molecule has 7 atom stereocenters. The Morgan fingerprint density at radius 3 is 1.26 bits per heavy atom. The number of rotatable bonds is 27. The Kier molecular flexibility index (Phi) is 26.2. The maximum Gasteiger partial charge on any atom is 0.245 e. The van der Waals surface area contributed by atoms with Gasteiger partial charge < -0.3 is 45.8 Å². The van der Waals surface area contributed by atoms with E-state index in [1.165, 1.54) is 59.6 Å². The largest absolute Gasteiger partial charge is 0.357 e. The van der Waals surface area contributed by atoms with Crippen molar-refractivity contribution >= 4 is 53.2 Å². The molecule has 0 unspecified atom stereocenters. The van der Waals surface area contributed by atoms with Gasteiger partial charge in [0, 0.05) is 48.7 Å². The minimum atomic E-state index is -1.13. The van der Waals surface area contributed by atoms with Crippen LogP contribution >= 0.6 is 0 Å². The summed E-state index contributed by atoms with van der Waals surface area (Å²) in [5.74, 6) is -4.63. The lowest BCUT2D eigenvalue weighted by Crippen LogP contribution is -2.60. The van der Waals surface area contributed by atoms with Gasteiger partial charge in [0.15, 0.2) is 0 Å². The molecule has 18 heteroatoms. The van der Waals surface area contributed by atoms with Gasteiger partial charge in [0.1, 0.15) is 42.3 Å². The van der Waals surface area contributed by atoms with Gasteiger partial charge in [0.25, 0.3) is 0 Å². The number of hydrogen-bond acceptors (Lipinski definition) is 9. The van der Waals surface area contributed by atoms with Crippen molar-refractivity contribution in [3.05, 3.63) is 0 Å². The van der Waals surface area contributed by atoms with Crippen molar-refractivity contribution in [1.29, 1.82) is 0 Å². The molecule has 0 aromatic heterocycles. The van der Waals surface area contributed by atoms with Crippen molar-refractivity contribution in [2.75, 3.05) is 48.8 Å². The van der Waals surface area contributed by atoms with Crippen molar-refractivity contribution in [3.8, 4) is 0 Å². The van der Waals surface area contributed by atoms with Gasteiger partial charge in [-0.05, 0) is 75.5 Å². The van der Waals surface area contributed by atoms with Crippen LogP contribution in [0.25, 0.3) is 0 Å². The molecule has 0 aromatic carbocycles. The monoisotopic (exact) mass is 922 g/mol. The number of hydrogen-bond donors (Lipinski definition) is 4. The standard InChI is InChI=1S/C47H87N9O9/c1-20-21-38(57)52(15)33(13)45(63)54(17)36(24-29(6)7)44(62)51-40(31(10)11)47(65)56(19)35(23-28(4)5)43(61)50-32(12)41(59)49-26-39(58)53(16)37(25-30(8)9)46(64)55(18)34(22-27(2)3)42(60)48-14/h27-37,40H,20-26H2,1-19H3,(H,48,60)(H,49,59)(H,50,61)(H,51,62)/t32-,33-,34+,35+,36+,37+,40+/m1/s1. The van der Waals surface area contributed by atoms with Gasteiger partial charge in [0.05, 0.1) is 6.54 Å². The summed E-state index contributed by atoms with van der Waals surface area (Å²) in [5, 5.41) is 10.7. The average molecular weight is 922 g/mol. The number of likely N-dealkylation sites (N-methyl/N-ethyl adjacent to an activating group) is 6. The van der Waals surface area contributed by atoms with Crippen molar-refractivity contribution in [2.45, 2.75) is 171 Å². The normalized spacial score (nSPS) is 14.7. The molecular formula is C47H87N9O9. The zero-order chi connectivity index (χ0) is 50.8. The maximum atomic E-state index is 14.3. The fraction of sp³-hybridized carbons (Fsp3) is 0.809.